The summed E-state index contributed by atoms with van der Waals surface area (Å²) in [5.41, 5.74) is 0.234. The second kappa shape index (κ2) is 3.50. The van der Waals surface area contributed by atoms with Gasteiger partial charge in [-0.15, -0.1) is 0 Å². The van der Waals surface area contributed by atoms with Gasteiger partial charge < -0.3 is 4.74 Å². The lowest BCUT2D eigenvalue weighted by Gasteiger charge is -2.30. The third kappa shape index (κ3) is 1.65. The number of carbonyl (C=O) groups excluding carboxylic acids is 2. The molecule has 0 amide bonds. The van der Waals surface area contributed by atoms with E-state index in [2.05, 4.69) is 4.74 Å². The first-order valence-electron chi connectivity index (χ1n) is 4.93. The van der Waals surface area contributed by atoms with Gasteiger partial charge in [0, 0.05) is 6.42 Å². The Hall–Kier alpha value is -1.64. The molecule has 2 rings (SSSR count). The summed E-state index contributed by atoms with van der Waals surface area (Å²) in [6, 6.07) is 9.43. The average Bonchev–Trinajstić information content (AvgIpc) is 2.25. The van der Waals surface area contributed by atoms with E-state index in [0.29, 0.717) is 12.8 Å². The predicted molar refractivity (Wildman–Crippen MR) is 54.1 cm³/mol. The lowest BCUT2D eigenvalue weighted by molar-refractivity contribution is -0.168. The highest BCUT2D eigenvalue weighted by molar-refractivity contribution is 5.94. The molecule has 1 unspecified atom stereocenters. The molecule has 0 N–H and O–H groups in total. The van der Waals surface area contributed by atoms with Gasteiger partial charge in [0.05, 0.1) is 5.41 Å². The van der Waals surface area contributed by atoms with Crippen molar-refractivity contribution >= 4 is 11.9 Å². The maximum Gasteiger partial charge on any atom is 0.323 e. The number of rotatable bonds is 1. The molecule has 0 radical (unpaired) electrons. The van der Waals surface area contributed by atoms with Gasteiger partial charge in [0.2, 0.25) is 0 Å². The molecule has 0 saturated carbocycles. The average molecular weight is 204 g/mol. The van der Waals surface area contributed by atoms with E-state index in [1.165, 1.54) is 0 Å². The van der Waals surface area contributed by atoms with Crippen LogP contribution in [0.1, 0.15) is 25.3 Å². The molecule has 0 bridgehead atoms. The molecule has 1 atom stereocenters. The Morgan fingerprint density at radius 3 is 2.47 bits per heavy atom. The third-order valence-electron chi connectivity index (χ3n) is 2.90. The Labute approximate surface area is 88.1 Å². The minimum Gasteiger partial charge on any atom is -0.392 e. The second-order valence-electron chi connectivity index (χ2n) is 3.96. The standard InChI is InChI=1S/C12H12O3/c1-12(9-5-3-2-4-6-9)8-7-10(13)15-11(12)14/h2-6H,7-8H2,1H3. The van der Waals surface area contributed by atoms with Crippen molar-refractivity contribution in [3.8, 4) is 0 Å². The molecule has 1 saturated heterocycles. The predicted octanol–water partition coefficient (Wildman–Crippen LogP) is 1.81. The van der Waals surface area contributed by atoms with Crippen LogP contribution in [-0.2, 0) is 19.7 Å². The van der Waals surface area contributed by atoms with Crippen LogP contribution in [0.15, 0.2) is 30.3 Å². The van der Waals surface area contributed by atoms with Gasteiger partial charge in [0.15, 0.2) is 0 Å². The van der Waals surface area contributed by atoms with Crippen LogP contribution < -0.4 is 0 Å². The van der Waals surface area contributed by atoms with Crippen molar-refractivity contribution in [1.82, 2.24) is 0 Å². The Kier molecular flexibility index (Phi) is 2.31. The van der Waals surface area contributed by atoms with Crippen molar-refractivity contribution in [2.75, 3.05) is 0 Å². The quantitative estimate of drug-likeness (QED) is 0.517. The summed E-state index contributed by atoms with van der Waals surface area (Å²) < 4.78 is 4.68. The zero-order valence-electron chi connectivity index (χ0n) is 8.53. The van der Waals surface area contributed by atoms with Crippen molar-refractivity contribution in [1.29, 1.82) is 0 Å². The summed E-state index contributed by atoms with van der Waals surface area (Å²) in [7, 11) is 0. The summed E-state index contributed by atoms with van der Waals surface area (Å²) in [6.07, 6.45) is 0.825. The highest BCUT2D eigenvalue weighted by atomic mass is 16.6. The van der Waals surface area contributed by atoms with E-state index < -0.39 is 17.4 Å². The molecule has 3 nitrogen and oxygen atoms in total. The van der Waals surface area contributed by atoms with Gasteiger partial charge in [-0.05, 0) is 18.9 Å². The number of hydrogen-bond donors (Lipinski definition) is 0. The van der Waals surface area contributed by atoms with E-state index in [1.54, 1.807) is 0 Å². The molecular weight excluding hydrogens is 192 g/mol. The van der Waals surface area contributed by atoms with Crippen LogP contribution in [0.3, 0.4) is 0 Å². The Morgan fingerprint density at radius 2 is 1.87 bits per heavy atom. The summed E-state index contributed by atoms with van der Waals surface area (Å²) in [5, 5.41) is 0. The Morgan fingerprint density at radius 1 is 1.20 bits per heavy atom. The van der Waals surface area contributed by atoms with E-state index in [-0.39, 0.29) is 0 Å². The summed E-state index contributed by atoms with van der Waals surface area (Å²) in [4.78, 5) is 22.6. The first-order chi connectivity index (χ1) is 7.13. The minimum absolute atomic E-state index is 0.303. The second-order valence-corrected chi connectivity index (χ2v) is 3.96. The number of ether oxygens (including phenoxy) is 1. The Bertz CT molecular complexity index is 397. The summed E-state index contributed by atoms with van der Waals surface area (Å²) in [6.45, 7) is 1.82. The van der Waals surface area contributed by atoms with Crippen molar-refractivity contribution < 1.29 is 14.3 Å². The summed E-state index contributed by atoms with van der Waals surface area (Å²) >= 11 is 0. The van der Waals surface area contributed by atoms with Gasteiger partial charge in [0.1, 0.15) is 0 Å². The van der Waals surface area contributed by atoms with E-state index in [0.717, 1.165) is 5.56 Å². The highest BCUT2D eigenvalue weighted by Gasteiger charge is 2.41. The largest absolute Gasteiger partial charge is 0.392 e. The maximum atomic E-state index is 11.7. The minimum atomic E-state index is -0.671. The molecule has 0 aromatic heterocycles. The van der Waals surface area contributed by atoms with Crippen molar-refractivity contribution in [3.05, 3.63) is 35.9 Å². The zero-order valence-corrected chi connectivity index (χ0v) is 8.53. The maximum absolute atomic E-state index is 11.7. The molecule has 78 valence electrons. The van der Waals surface area contributed by atoms with Crippen molar-refractivity contribution in [2.24, 2.45) is 0 Å². The first-order valence-corrected chi connectivity index (χ1v) is 4.93. The fraction of sp³-hybridized carbons (Fsp3) is 0.333. The van der Waals surface area contributed by atoms with Crippen LogP contribution in [0, 0.1) is 0 Å². The van der Waals surface area contributed by atoms with E-state index in [9.17, 15) is 9.59 Å². The third-order valence-corrected chi connectivity index (χ3v) is 2.90. The van der Waals surface area contributed by atoms with Crippen LogP contribution in [0.25, 0.3) is 0 Å². The number of benzene rings is 1. The van der Waals surface area contributed by atoms with Crippen LogP contribution in [-0.4, -0.2) is 11.9 Å². The molecule has 1 heterocycles. The number of cyclic esters (lactones) is 2. The molecule has 0 aliphatic carbocycles. The molecule has 1 aromatic carbocycles. The molecule has 1 fully saturated rings. The Balaban J connectivity index is 2.35. The first kappa shape index (κ1) is 9.90. The van der Waals surface area contributed by atoms with Gasteiger partial charge >= 0.3 is 11.9 Å². The fourth-order valence-corrected chi connectivity index (χ4v) is 1.79. The van der Waals surface area contributed by atoms with E-state index >= 15 is 0 Å². The zero-order chi connectivity index (χ0) is 10.9. The van der Waals surface area contributed by atoms with Crippen LogP contribution in [0.4, 0.5) is 0 Å². The normalized spacial score (nSPS) is 26.2. The van der Waals surface area contributed by atoms with Crippen molar-refractivity contribution in [2.45, 2.75) is 25.2 Å². The molecule has 15 heavy (non-hydrogen) atoms. The van der Waals surface area contributed by atoms with Gasteiger partial charge in [-0.3, -0.25) is 9.59 Å². The monoisotopic (exact) mass is 204 g/mol. The molecule has 1 aliphatic heterocycles. The molecule has 1 aromatic rings. The molecule has 3 heteroatoms. The lowest BCUT2D eigenvalue weighted by atomic mass is 9.77. The smallest absolute Gasteiger partial charge is 0.323 e. The van der Waals surface area contributed by atoms with Crippen LogP contribution in [0.5, 0.6) is 0 Å². The lowest BCUT2D eigenvalue weighted by Crippen LogP contribution is -2.40. The van der Waals surface area contributed by atoms with Crippen LogP contribution in [0.2, 0.25) is 0 Å². The number of hydrogen-bond acceptors (Lipinski definition) is 3. The molecular formula is C12H12O3. The number of esters is 2. The van der Waals surface area contributed by atoms with Gasteiger partial charge in [0.25, 0.3) is 0 Å². The van der Waals surface area contributed by atoms with Gasteiger partial charge in [-0.2, -0.15) is 0 Å². The topological polar surface area (TPSA) is 43.4 Å². The van der Waals surface area contributed by atoms with Crippen molar-refractivity contribution in [3.63, 3.8) is 0 Å². The number of carbonyl (C=O) groups is 2. The van der Waals surface area contributed by atoms with E-state index in [1.807, 2.05) is 37.3 Å². The van der Waals surface area contributed by atoms with Gasteiger partial charge in [-0.1, -0.05) is 30.3 Å². The molecule has 0 spiro atoms. The highest BCUT2D eigenvalue weighted by Crippen LogP contribution is 2.33. The fourth-order valence-electron chi connectivity index (χ4n) is 1.79. The van der Waals surface area contributed by atoms with Gasteiger partial charge in [-0.25, -0.2) is 0 Å². The summed E-state index contributed by atoms with van der Waals surface area (Å²) in [5.74, 6) is -0.863. The molecule has 1 aliphatic rings. The van der Waals surface area contributed by atoms with E-state index in [4.69, 9.17) is 0 Å². The van der Waals surface area contributed by atoms with Crippen LogP contribution >= 0.6 is 0 Å². The SMILES string of the molecule is CC1(c2ccccc2)CCC(=O)OC1=O.